The first kappa shape index (κ1) is 11.5. The second-order valence-electron chi connectivity index (χ2n) is 3.42. The Hall–Kier alpha value is -0.540. The third-order valence-electron chi connectivity index (χ3n) is 2.02. The zero-order valence-corrected chi connectivity index (χ0v) is 9.96. The molecule has 0 aliphatic heterocycles. The van der Waals surface area contributed by atoms with Gasteiger partial charge in [0.15, 0.2) is 0 Å². The Morgan fingerprint density at radius 2 is 2.14 bits per heavy atom. The molecule has 0 saturated carbocycles. The monoisotopic (exact) mass is 257 g/mol. The molecule has 14 heavy (non-hydrogen) atoms. The summed E-state index contributed by atoms with van der Waals surface area (Å²) in [6.45, 7) is 3.59. The van der Waals surface area contributed by atoms with E-state index in [0.29, 0.717) is 5.92 Å². The fourth-order valence-corrected chi connectivity index (χ4v) is 1.56. The summed E-state index contributed by atoms with van der Waals surface area (Å²) in [6, 6.07) is 7.87. The van der Waals surface area contributed by atoms with Gasteiger partial charge in [-0.05, 0) is 46.9 Å². The molecule has 1 aromatic carbocycles. The summed E-state index contributed by atoms with van der Waals surface area (Å²) in [5.41, 5.74) is 5.46. The summed E-state index contributed by atoms with van der Waals surface area (Å²) in [4.78, 5) is 0. The van der Waals surface area contributed by atoms with E-state index in [4.69, 9.17) is 10.5 Å². The first-order valence-corrected chi connectivity index (χ1v) is 5.60. The first-order chi connectivity index (χ1) is 6.74. The number of ether oxygens (including phenoxy) is 1. The molecule has 3 heteroatoms. The summed E-state index contributed by atoms with van der Waals surface area (Å²) < 4.78 is 6.65. The van der Waals surface area contributed by atoms with Gasteiger partial charge in [0.2, 0.25) is 0 Å². The van der Waals surface area contributed by atoms with Crippen LogP contribution in [0.1, 0.15) is 13.3 Å². The van der Waals surface area contributed by atoms with Crippen LogP contribution in [-0.4, -0.2) is 13.2 Å². The largest absolute Gasteiger partial charge is 0.492 e. The number of halogens is 1. The predicted molar refractivity (Wildman–Crippen MR) is 62.5 cm³/mol. The lowest BCUT2D eigenvalue weighted by molar-refractivity contribution is 0.253. The maximum atomic E-state index is 5.65. The molecule has 1 aromatic rings. The molecule has 78 valence electrons. The minimum absolute atomic E-state index is 0.507. The van der Waals surface area contributed by atoms with Crippen molar-refractivity contribution < 1.29 is 4.74 Å². The van der Waals surface area contributed by atoms with Crippen LogP contribution >= 0.6 is 15.9 Å². The Bertz CT molecular complexity index is 278. The van der Waals surface area contributed by atoms with Crippen molar-refractivity contribution in [3.63, 3.8) is 0 Å². The van der Waals surface area contributed by atoms with Crippen LogP contribution in [-0.2, 0) is 0 Å². The SMILES string of the molecule is CC(CCN)COc1ccccc1Br. The van der Waals surface area contributed by atoms with E-state index in [1.54, 1.807) is 0 Å². The zero-order chi connectivity index (χ0) is 10.4. The second kappa shape index (κ2) is 6.04. The maximum absolute atomic E-state index is 5.65. The Balaban J connectivity index is 2.41. The Morgan fingerprint density at radius 1 is 1.43 bits per heavy atom. The average molecular weight is 258 g/mol. The number of rotatable bonds is 5. The minimum Gasteiger partial charge on any atom is -0.492 e. The molecule has 0 fully saturated rings. The van der Waals surface area contributed by atoms with Crippen LogP contribution < -0.4 is 10.5 Å². The van der Waals surface area contributed by atoms with Gasteiger partial charge in [-0.3, -0.25) is 0 Å². The molecule has 0 heterocycles. The highest BCUT2D eigenvalue weighted by atomic mass is 79.9. The predicted octanol–water partition coefficient (Wildman–Crippen LogP) is 2.81. The van der Waals surface area contributed by atoms with Gasteiger partial charge in [-0.2, -0.15) is 0 Å². The van der Waals surface area contributed by atoms with Gasteiger partial charge < -0.3 is 10.5 Å². The fourth-order valence-electron chi connectivity index (χ4n) is 1.16. The number of hydrogen-bond acceptors (Lipinski definition) is 2. The van der Waals surface area contributed by atoms with Crippen molar-refractivity contribution >= 4 is 15.9 Å². The molecular weight excluding hydrogens is 242 g/mol. The molecule has 0 spiro atoms. The standard InChI is InChI=1S/C11H16BrNO/c1-9(6-7-13)8-14-11-5-3-2-4-10(11)12/h2-5,9H,6-8,13H2,1H3. The molecule has 0 aliphatic carbocycles. The van der Waals surface area contributed by atoms with E-state index in [-0.39, 0.29) is 0 Å². The summed E-state index contributed by atoms with van der Waals surface area (Å²) in [6.07, 6.45) is 1.00. The number of hydrogen-bond donors (Lipinski definition) is 1. The molecule has 1 unspecified atom stereocenters. The first-order valence-electron chi connectivity index (χ1n) is 4.81. The van der Waals surface area contributed by atoms with Crippen LogP contribution in [0.3, 0.4) is 0 Å². The quantitative estimate of drug-likeness (QED) is 0.881. The lowest BCUT2D eigenvalue weighted by Gasteiger charge is -2.12. The van der Waals surface area contributed by atoms with Gasteiger partial charge in [0, 0.05) is 0 Å². The van der Waals surface area contributed by atoms with Crippen molar-refractivity contribution in [1.29, 1.82) is 0 Å². The molecule has 0 bridgehead atoms. The normalized spacial score (nSPS) is 12.5. The molecule has 0 aliphatic rings. The summed E-state index contributed by atoms with van der Waals surface area (Å²) in [5.74, 6) is 1.41. The van der Waals surface area contributed by atoms with E-state index in [1.807, 2.05) is 24.3 Å². The van der Waals surface area contributed by atoms with E-state index in [9.17, 15) is 0 Å². The number of nitrogens with two attached hydrogens (primary N) is 1. The van der Waals surface area contributed by atoms with Crippen LogP contribution in [0.25, 0.3) is 0 Å². The highest BCUT2D eigenvalue weighted by Gasteiger charge is 2.03. The molecule has 1 rings (SSSR count). The minimum atomic E-state index is 0.507. The van der Waals surface area contributed by atoms with Crippen molar-refractivity contribution in [2.75, 3.05) is 13.2 Å². The van der Waals surface area contributed by atoms with Gasteiger partial charge >= 0.3 is 0 Å². The third kappa shape index (κ3) is 3.68. The summed E-state index contributed by atoms with van der Waals surface area (Å²) in [7, 11) is 0. The topological polar surface area (TPSA) is 35.2 Å². The molecule has 0 radical (unpaired) electrons. The zero-order valence-electron chi connectivity index (χ0n) is 8.37. The van der Waals surface area contributed by atoms with Crippen molar-refractivity contribution in [2.24, 2.45) is 11.7 Å². The molecule has 0 aromatic heterocycles. The Kier molecular flexibility index (Phi) is 4.98. The van der Waals surface area contributed by atoms with Gasteiger partial charge in [0.05, 0.1) is 11.1 Å². The van der Waals surface area contributed by atoms with Gasteiger partial charge in [-0.1, -0.05) is 19.1 Å². The van der Waals surface area contributed by atoms with Gasteiger partial charge in [0.1, 0.15) is 5.75 Å². The highest BCUT2D eigenvalue weighted by molar-refractivity contribution is 9.10. The van der Waals surface area contributed by atoms with E-state index in [2.05, 4.69) is 22.9 Å². The molecule has 2 N–H and O–H groups in total. The lowest BCUT2D eigenvalue weighted by atomic mass is 10.1. The molecule has 2 nitrogen and oxygen atoms in total. The van der Waals surface area contributed by atoms with Crippen LogP contribution in [0.5, 0.6) is 5.75 Å². The number of para-hydroxylation sites is 1. The van der Waals surface area contributed by atoms with Crippen LogP contribution in [0.15, 0.2) is 28.7 Å². The van der Waals surface area contributed by atoms with Crippen LogP contribution in [0.4, 0.5) is 0 Å². The second-order valence-corrected chi connectivity index (χ2v) is 4.28. The van der Waals surface area contributed by atoms with Crippen LogP contribution in [0.2, 0.25) is 0 Å². The summed E-state index contributed by atoms with van der Waals surface area (Å²) >= 11 is 3.44. The smallest absolute Gasteiger partial charge is 0.133 e. The molecular formula is C11H16BrNO. The van der Waals surface area contributed by atoms with Gasteiger partial charge in [-0.25, -0.2) is 0 Å². The maximum Gasteiger partial charge on any atom is 0.133 e. The van der Waals surface area contributed by atoms with Crippen molar-refractivity contribution in [2.45, 2.75) is 13.3 Å². The fraction of sp³-hybridized carbons (Fsp3) is 0.455. The van der Waals surface area contributed by atoms with E-state index < -0.39 is 0 Å². The molecule has 0 saturated heterocycles. The highest BCUT2D eigenvalue weighted by Crippen LogP contribution is 2.24. The van der Waals surface area contributed by atoms with E-state index in [0.717, 1.165) is 29.8 Å². The Morgan fingerprint density at radius 3 is 2.79 bits per heavy atom. The molecule has 0 amide bonds. The van der Waals surface area contributed by atoms with Crippen LogP contribution in [0, 0.1) is 5.92 Å². The van der Waals surface area contributed by atoms with Crippen molar-refractivity contribution in [3.8, 4) is 5.75 Å². The van der Waals surface area contributed by atoms with Crippen molar-refractivity contribution in [3.05, 3.63) is 28.7 Å². The lowest BCUT2D eigenvalue weighted by Crippen LogP contribution is -2.13. The summed E-state index contributed by atoms with van der Waals surface area (Å²) in [5, 5.41) is 0. The molecule has 1 atom stereocenters. The van der Waals surface area contributed by atoms with E-state index in [1.165, 1.54) is 0 Å². The average Bonchev–Trinajstić information content (AvgIpc) is 2.17. The van der Waals surface area contributed by atoms with Crippen molar-refractivity contribution in [1.82, 2.24) is 0 Å². The van der Waals surface area contributed by atoms with Gasteiger partial charge in [-0.15, -0.1) is 0 Å². The third-order valence-corrected chi connectivity index (χ3v) is 2.67. The number of benzene rings is 1. The Labute approximate surface area is 93.6 Å². The van der Waals surface area contributed by atoms with Gasteiger partial charge in [0.25, 0.3) is 0 Å². The van der Waals surface area contributed by atoms with E-state index >= 15 is 0 Å².